The van der Waals surface area contributed by atoms with Crippen LogP contribution in [0.5, 0.6) is 0 Å². The average molecular weight is 313 g/mol. The summed E-state index contributed by atoms with van der Waals surface area (Å²) in [5.41, 5.74) is 1.82. The molecule has 1 amide bonds. The van der Waals surface area contributed by atoms with Crippen molar-refractivity contribution in [2.24, 2.45) is 5.92 Å². The Morgan fingerprint density at radius 2 is 2.17 bits per heavy atom. The predicted molar refractivity (Wildman–Crippen MR) is 83.7 cm³/mol. The van der Waals surface area contributed by atoms with Crippen LogP contribution < -0.4 is 0 Å². The summed E-state index contributed by atoms with van der Waals surface area (Å²) >= 11 is 0. The number of carbonyl (C=O) groups excluding carboxylic acids is 1. The minimum Gasteiger partial charge on any atom is -0.480 e. The number of benzene rings is 1. The number of H-pyrrole nitrogens is 1. The van der Waals surface area contributed by atoms with Gasteiger partial charge in [-0.05, 0) is 18.4 Å². The van der Waals surface area contributed by atoms with Crippen LogP contribution in [0.2, 0.25) is 0 Å². The van der Waals surface area contributed by atoms with E-state index in [1.54, 1.807) is 6.20 Å². The van der Waals surface area contributed by atoms with Gasteiger partial charge >= 0.3 is 5.97 Å². The first-order valence-electron chi connectivity index (χ1n) is 7.69. The average Bonchev–Trinajstić information content (AvgIpc) is 3.17. The van der Waals surface area contributed by atoms with E-state index in [1.165, 1.54) is 11.2 Å². The fourth-order valence-corrected chi connectivity index (χ4v) is 3.10. The van der Waals surface area contributed by atoms with Gasteiger partial charge in [-0.2, -0.15) is 0 Å². The summed E-state index contributed by atoms with van der Waals surface area (Å²) in [6, 6.07) is 8.99. The van der Waals surface area contributed by atoms with Crippen LogP contribution in [-0.2, 0) is 22.4 Å². The van der Waals surface area contributed by atoms with Crippen molar-refractivity contribution in [3.05, 3.63) is 54.1 Å². The maximum absolute atomic E-state index is 12.6. The van der Waals surface area contributed by atoms with Crippen molar-refractivity contribution in [1.82, 2.24) is 14.9 Å². The number of carboxylic acids is 1. The molecule has 1 saturated heterocycles. The molecular formula is C17H19N3O3. The standard InChI is InChI=1S/C17H19N3O3/c21-16-13(8-12-4-2-1-3-5-12)6-7-20(16)15(17(22)23)9-14-10-18-11-19-14/h1-5,10-11,13,15H,6-9H2,(H,18,19)(H,22,23). The van der Waals surface area contributed by atoms with Crippen LogP contribution in [0.25, 0.3) is 0 Å². The molecule has 23 heavy (non-hydrogen) atoms. The van der Waals surface area contributed by atoms with Crippen LogP contribution in [0.4, 0.5) is 0 Å². The number of hydrogen-bond donors (Lipinski definition) is 2. The van der Waals surface area contributed by atoms with Crippen molar-refractivity contribution in [3.63, 3.8) is 0 Å². The van der Waals surface area contributed by atoms with E-state index in [0.29, 0.717) is 19.4 Å². The molecule has 0 radical (unpaired) electrons. The zero-order chi connectivity index (χ0) is 16.2. The summed E-state index contributed by atoms with van der Waals surface area (Å²) in [5.74, 6) is -1.19. The second-order valence-electron chi connectivity index (χ2n) is 5.84. The Balaban J connectivity index is 1.70. The Bertz CT molecular complexity index is 670. The van der Waals surface area contributed by atoms with E-state index in [4.69, 9.17) is 0 Å². The first-order chi connectivity index (χ1) is 11.1. The SMILES string of the molecule is O=C(O)C(Cc1cnc[nH]1)N1CCC(Cc2ccccc2)C1=O. The van der Waals surface area contributed by atoms with Gasteiger partial charge in [-0.25, -0.2) is 9.78 Å². The molecule has 0 spiro atoms. The maximum atomic E-state index is 12.6. The number of nitrogens with zero attached hydrogens (tertiary/aromatic N) is 2. The predicted octanol–water partition coefficient (Wildman–Crippen LogP) is 1.50. The molecule has 1 fully saturated rings. The van der Waals surface area contributed by atoms with Gasteiger partial charge in [0.2, 0.25) is 5.91 Å². The third kappa shape index (κ3) is 3.41. The lowest BCUT2D eigenvalue weighted by molar-refractivity contribution is -0.149. The summed E-state index contributed by atoms with van der Waals surface area (Å²) in [7, 11) is 0. The number of amides is 1. The quantitative estimate of drug-likeness (QED) is 0.846. The van der Waals surface area contributed by atoms with Crippen molar-refractivity contribution in [3.8, 4) is 0 Å². The number of carboxylic acid groups (broad SMARTS) is 1. The zero-order valence-electron chi connectivity index (χ0n) is 12.7. The molecule has 1 aliphatic rings. The van der Waals surface area contributed by atoms with Gasteiger partial charge in [-0.1, -0.05) is 30.3 Å². The van der Waals surface area contributed by atoms with Crippen molar-refractivity contribution in [2.75, 3.05) is 6.54 Å². The number of aromatic amines is 1. The van der Waals surface area contributed by atoms with Crippen molar-refractivity contribution >= 4 is 11.9 Å². The van der Waals surface area contributed by atoms with Crippen LogP contribution in [-0.4, -0.2) is 44.4 Å². The summed E-state index contributed by atoms with van der Waals surface area (Å²) in [6.45, 7) is 0.488. The first kappa shape index (κ1) is 15.3. The topological polar surface area (TPSA) is 86.3 Å². The lowest BCUT2D eigenvalue weighted by Crippen LogP contribution is -2.44. The summed E-state index contributed by atoms with van der Waals surface area (Å²) in [5, 5.41) is 9.50. The van der Waals surface area contributed by atoms with Crippen LogP contribution in [0.3, 0.4) is 0 Å². The van der Waals surface area contributed by atoms with E-state index in [0.717, 1.165) is 11.3 Å². The van der Waals surface area contributed by atoms with Gasteiger partial charge in [-0.3, -0.25) is 4.79 Å². The highest BCUT2D eigenvalue weighted by Crippen LogP contribution is 2.25. The van der Waals surface area contributed by atoms with E-state index in [9.17, 15) is 14.7 Å². The number of likely N-dealkylation sites (tertiary alicyclic amines) is 1. The second kappa shape index (κ2) is 6.64. The van der Waals surface area contributed by atoms with E-state index in [1.807, 2.05) is 30.3 Å². The highest BCUT2D eigenvalue weighted by Gasteiger charge is 2.38. The minimum absolute atomic E-state index is 0.0687. The Kier molecular flexibility index (Phi) is 4.41. The van der Waals surface area contributed by atoms with Gasteiger partial charge < -0.3 is 15.0 Å². The molecule has 6 heteroatoms. The molecule has 3 rings (SSSR count). The van der Waals surface area contributed by atoms with Gasteiger partial charge in [0.05, 0.1) is 6.33 Å². The van der Waals surface area contributed by atoms with Gasteiger partial charge in [0.15, 0.2) is 0 Å². The van der Waals surface area contributed by atoms with E-state index < -0.39 is 12.0 Å². The Labute approximate surface area is 134 Å². The molecule has 0 aliphatic carbocycles. The summed E-state index contributed by atoms with van der Waals surface area (Å²) in [6.07, 6.45) is 4.71. The molecule has 1 aromatic carbocycles. The highest BCUT2D eigenvalue weighted by atomic mass is 16.4. The van der Waals surface area contributed by atoms with E-state index in [2.05, 4.69) is 9.97 Å². The number of carbonyl (C=O) groups is 2. The minimum atomic E-state index is -0.978. The van der Waals surface area contributed by atoms with E-state index in [-0.39, 0.29) is 18.2 Å². The molecule has 120 valence electrons. The lowest BCUT2D eigenvalue weighted by Gasteiger charge is -2.24. The van der Waals surface area contributed by atoms with Gasteiger partial charge in [0, 0.05) is 30.8 Å². The number of aliphatic carboxylic acids is 1. The van der Waals surface area contributed by atoms with E-state index >= 15 is 0 Å². The molecule has 2 unspecified atom stereocenters. The Morgan fingerprint density at radius 3 is 2.83 bits per heavy atom. The first-order valence-corrected chi connectivity index (χ1v) is 7.69. The summed E-state index contributed by atoms with van der Waals surface area (Å²) in [4.78, 5) is 32.5. The molecule has 2 aromatic rings. The smallest absolute Gasteiger partial charge is 0.326 e. The highest BCUT2D eigenvalue weighted by molar-refractivity contribution is 5.87. The molecule has 2 atom stereocenters. The largest absolute Gasteiger partial charge is 0.480 e. The number of nitrogens with one attached hydrogen (secondary N) is 1. The maximum Gasteiger partial charge on any atom is 0.326 e. The lowest BCUT2D eigenvalue weighted by atomic mass is 9.98. The second-order valence-corrected chi connectivity index (χ2v) is 5.84. The summed E-state index contributed by atoms with van der Waals surface area (Å²) < 4.78 is 0. The van der Waals surface area contributed by atoms with Crippen LogP contribution in [0.1, 0.15) is 17.7 Å². The molecule has 6 nitrogen and oxygen atoms in total. The molecule has 1 aliphatic heterocycles. The molecule has 0 saturated carbocycles. The van der Waals surface area contributed by atoms with Gasteiger partial charge in [-0.15, -0.1) is 0 Å². The normalized spacial score (nSPS) is 19.0. The number of aromatic nitrogens is 2. The number of rotatable bonds is 6. The monoisotopic (exact) mass is 313 g/mol. The Morgan fingerprint density at radius 1 is 1.39 bits per heavy atom. The molecule has 0 bridgehead atoms. The molecule has 2 heterocycles. The van der Waals surface area contributed by atoms with Gasteiger partial charge in [0.25, 0.3) is 0 Å². The van der Waals surface area contributed by atoms with Crippen molar-refractivity contribution in [1.29, 1.82) is 0 Å². The van der Waals surface area contributed by atoms with Crippen molar-refractivity contribution < 1.29 is 14.7 Å². The fourth-order valence-electron chi connectivity index (χ4n) is 3.10. The molecule has 1 aromatic heterocycles. The zero-order valence-corrected chi connectivity index (χ0v) is 12.7. The van der Waals surface area contributed by atoms with Crippen LogP contribution in [0.15, 0.2) is 42.9 Å². The van der Waals surface area contributed by atoms with Gasteiger partial charge in [0.1, 0.15) is 6.04 Å². The Hall–Kier alpha value is -2.63. The fraction of sp³-hybridized carbons (Fsp3) is 0.353. The van der Waals surface area contributed by atoms with Crippen LogP contribution >= 0.6 is 0 Å². The molecular weight excluding hydrogens is 294 g/mol. The van der Waals surface area contributed by atoms with Crippen molar-refractivity contribution in [2.45, 2.75) is 25.3 Å². The number of imidazole rings is 1. The third-order valence-electron chi connectivity index (χ3n) is 4.31. The third-order valence-corrected chi connectivity index (χ3v) is 4.31. The number of hydrogen-bond acceptors (Lipinski definition) is 3. The molecule has 2 N–H and O–H groups in total. The van der Waals surface area contributed by atoms with Crippen LogP contribution in [0, 0.1) is 5.92 Å².